The number of benzene rings is 1. The maximum Gasteiger partial charge on any atom is 0.339 e. The van der Waals surface area contributed by atoms with E-state index in [2.05, 4.69) is 11.9 Å². The third-order valence-corrected chi connectivity index (χ3v) is 2.21. The third-order valence-electron chi connectivity index (χ3n) is 1.98. The fourth-order valence-corrected chi connectivity index (χ4v) is 1.33. The highest BCUT2D eigenvalue weighted by Crippen LogP contribution is 2.23. The number of carboxylic acids is 1. The van der Waals surface area contributed by atoms with Crippen LogP contribution in [0.1, 0.15) is 10.4 Å². The van der Waals surface area contributed by atoms with Crippen LogP contribution in [0.3, 0.4) is 0 Å². The van der Waals surface area contributed by atoms with E-state index in [-0.39, 0.29) is 23.8 Å². The molecule has 0 saturated carbocycles. The molecule has 1 amide bonds. The summed E-state index contributed by atoms with van der Waals surface area (Å²) in [6.07, 6.45) is 1.53. The summed E-state index contributed by atoms with van der Waals surface area (Å²) in [5.74, 6) is -1.46. The average molecular weight is 270 g/mol. The van der Waals surface area contributed by atoms with Crippen LogP contribution in [-0.4, -0.2) is 30.1 Å². The van der Waals surface area contributed by atoms with Gasteiger partial charge in [0.25, 0.3) is 5.91 Å². The Hall–Kier alpha value is -2.01. The van der Waals surface area contributed by atoms with E-state index in [1.165, 1.54) is 24.3 Å². The van der Waals surface area contributed by atoms with Crippen LogP contribution < -0.4 is 10.1 Å². The smallest absolute Gasteiger partial charge is 0.339 e. The second kappa shape index (κ2) is 6.66. The topological polar surface area (TPSA) is 75.6 Å². The molecule has 2 N–H and O–H groups in total. The number of rotatable bonds is 6. The van der Waals surface area contributed by atoms with Crippen molar-refractivity contribution < 1.29 is 19.4 Å². The fourth-order valence-electron chi connectivity index (χ4n) is 1.17. The average Bonchev–Trinajstić information content (AvgIpc) is 2.33. The van der Waals surface area contributed by atoms with Crippen LogP contribution >= 0.6 is 11.6 Å². The lowest BCUT2D eigenvalue weighted by atomic mass is 10.2. The molecule has 1 aromatic rings. The second-order valence-electron chi connectivity index (χ2n) is 3.33. The van der Waals surface area contributed by atoms with E-state index in [1.54, 1.807) is 0 Å². The summed E-state index contributed by atoms with van der Waals surface area (Å²) in [5, 5.41) is 11.8. The SMILES string of the molecule is C=CCNC(=O)COc1cc(Cl)ccc1C(=O)O. The molecule has 0 heterocycles. The molecule has 0 unspecified atom stereocenters. The van der Waals surface area contributed by atoms with Gasteiger partial charge in [0.05, 0.1) is 0 Å². The predicted octanol–water partition coefficient (Wildman–Crippen LogP) is 1.72. The number of hydrogen-bond donors (Lipinski definition) is 2. The fraction of sp³-hybridized carbons (Fsp3) is 0.167. The van der Waals surface area contributed by atoms with E-state index in [0.29, 0.717) is 11.6 Å². The minimum atomic E-state index is -1.15. The Bertz CT molecular complexity index is 473. The summed E-state index contributed by atoms with van der Waals surface area (Å²) in [4.78, 5) is 22.2. The van der Waals surface area contributed by atoms with Crippen LogP contribution in [0, 0.1) is 0 Å². The minimum Gasteiger partial charge on any atom is -0.483 e. The quantitative estimate of drug-likeness (QED) is 0.771. The normalized spacial score (nSPS) is 9.61. The van der Waals surface area contributed by atoms with Crippen molar-refractivity contribution in [2.45, 2.75) is 0 Å². The number of amides is 1. The van der Waals surface area contributed by atoms with Gasteiger partial charge in [0.2, 0.25) is 0 Å². The van der Waals surface area contributed by atoms with Gasteiger partial charge in [-0.3, -0.25) is 4.79 Å². The first-order chi connectivity index (χ1) is 8.54. The summed E-state index contributed by atoms with van der Waals surface area (Å²) < 4.78 is 5.13. The molecule has 0 radical (unpaired) electrons. The number of carbonyl (C=O) groups excluding carboxylic acids is 1. The molecule has 18 heavy (non-hydrogen) atoms. The highest BCUT2D eigenvalue weighted by atomic mass is 35.5. The lowest BCUT2D eigenvalue weighted by Crippen LogP contribution is -2.29. The zero-order chi connectivity index (χ0) is 13.5. The highest BCUT2D eigenvalue weighted by Gasteiger charge is 2.12. The van der Waals surface area contributed by atoms with Gasteiger partial charge in [0.1, 0.15) is 11.3 Å². The molecular weight excluding hydrogens is 258 g/mol. The van der Waals surface area contributed by atoms with Crippen molar-refractivity contribution in [1.82, 2.24) is 5.32 Å². The zero-order valence-corrected chi connectivity index (χ0v) is 10.2. The van der Waals surface area contributed by atoms with E-state index in [1.807, 2.05) is 0 Å². The molecule has 0 fully saturated rings. The van der Waals surface area contributed by atoms with Crippen molar-refractivity contribution >= 4 is 23.5 Å². The molecule has 6 heteroatoms. The molecular formula is C12H12ClNO4. The van der Waals surface area contributed by atoms with Crippen molar-refractivity contribution in [1.29, 1.82) is 0 Å². The molecule has 0 aliphatic rings. The summed E-state index contributed by atoms with van der Waals surface area (Å²) >= 11 is 5.73. The monoisotopic (exact) mass is 269 g/mol. The largest absolute Gasteiger partial charge is 0.483 e. The van der Waals surface area contributed by atoms with Crippen molar-refractivity contribution in [2.75, 3.05) is 13.2 Å². The first kappa shape index (κ1) is 14.1. The lowest BCUT2D eigenvalue weighted by Gasteiger charge is -2.09. The van der Waals surface area contributed by atoms with Crippen molar-refractivity contribution in [3.05, 3.63) is 41.4 Å². The summed E-state index contributed by atoms with van der Waals surface area (Å²) in [6, 6.07) is 4.11. The van der Waals surface area contributed by atoms with Crippen LogP contribution in [0.15, 0.2) is 30.9 Å². The van der Waals surface area contributed by atoms with E-state index < -0.39 is 5.97 Å². The highest BCUT2D eigenvalue weighted by molar-refractivity contribution is 6.30. The van der Waals surface area contributed by atoms with Gasteiger partial charge in [0, 0.05) is 11.6 Å². The molecule has 0 aromatic heterocycles. The number of aromatic carboxylic acids is 1. The van der Waals surface area contributed by atoms with Crippen molar-refractivity contribution in [3.8, 4) is 5.75 Å². The second-order valence-corrected chi connectivity index (χ2v) is 3.76. The number of halogens is 1. The first-order valence-electron chi connectivity index (χ1n) is 5.08. The Morgan fingerprint density at radius 1 is 1.50 bits per heavy atom. The Morgan fingerprint density at radius 3 is 2.83 bits per heavy atom. The molecule has 0 aliphatic carbocycles. The van der Waals surface area contributed by atoms with Crippen LogP contribution in [-0.2, 0) is 4.79 Å². The Kier molecular flexibility index (Phi) is 5.20. The number of carboxylic acid groups (broad SMARTS) is 1. The molecule has 0 spiro atoms. The van der Waals surface area contributed by atoms with Crippen molar-refractivity contribution in [3.63, 3.8) is 0 Å². The van der Waals surface area contributed by atoms with Gasteiger partial charge in [-0.05, 0) is 18.2 Å². The van der Waals surface area contributed by atoms with Gasteiger partial charge in [-0.2, -0.15) is 0 Å². The maximum atomic E-state index is 11.3. The number of hydrogen-bond acceptors (Lipinski definition) is 3. The van der Waals surface area contributed by atoms with E-state index in [9.17, 15) is 9.59 Å². The summed E-state index contributed by atoms with van der Waals surface area (Å²) in [5.41, 5.74) is -0.0454. The van der Waals surface area contributed by atoms with Crippen LogP contribution in [0.25, 0.3) is 0 Å². The van der Waals surface area contributed by atoms with Gasteiger partial charge in [-0.15, -0.1) is 6.58 Å². The number of ether oxygens (including phenoxy) is 1. The van der Waals surface area contributed by atoms with Gasteiger partial charge in [0.15, 0.2) is 6.61 Å². The molecule has 0 bridgehead atoms. The third kappa shape index (κ3) is 4.10. The minimum absolute atomic E-state index is 0.0454. The van der Waals surface area contributed by atoms with Gasteiger partial charge in [-0.1, -0.05) is 17.7 Å². The molecule has 96 valence electrons. The Morgan fingerprint density at radius 2 is 2.22 bits per heavy atom. The summed E-state index contributed by atoms with van der Waals surface area (Å²) in [7, 11) is 0. The number of carbonyl (C=O) groups is 2. The standard InChI is InChI=1S/C12H12ClNO4/c1-2-5-14-11(15)7-18-10-6-8(13)3-4-9(10)12(16)17/h2-4,6H,1,5,7H2,(H,14,15)(H,16,17). The van der Waals surface area contributed by atoms with Gasteiger partial charge < -0.3 is 15.2 Å². The lowest BCUT2D eigenvalue weighted by molar-refractivity contribution is -0.122. The summed E-state index contributed by atoms with van der Waals surface area (Å²) in [6.45, 7) is 3.49. The molecule has 1 rings (SSSR count). The molecule has 5 nitrogen and oxygen atoms in total. The predicted molar refractivity (Wildman–Crippen MR) is 67.1 cm³/mol. The zero-order valence-electron chi connectivity index (χ0n) is 9.48. The maximum absolute atomic E-state index is 11.3. The van der Waals surface area contributed by atoms with Crippen LogP contribution in [0.4, 0.5) is 0 Å². The van der Waals surface area contributed by atoms with Gasteiger partial charge >= 0.3 is 5.97 Å². The van der Waals surface area contributed by atoms with E-state index in [4.69, 9.17) is 21.4 Å². The van der Waals surface area contributed by atoms with Crippen LogP contribution in [0.2, 0.25) is 5.02 Å². The van der Waals surface area contributed by atoms with E-state index >= 15 is 0 Å². The van der Waals surface area contributed by atoms with Crippen LogP contribution in [0.5, 0.6) is 5.75 Å². The van der Waals surface area contributed by atoms with Gasteiger partial charge in [-0.25, -0.2) is 4.79 Å². The Labute approximate surface area is 109 Å². The molecule has 0 aliphatic heterocycles. The Balaban J connectivity index is 2.71. The first-order valence-corrected chi connectivity index (χ1v) is 5.45. The number of nitrogens with one attached hydrogen (secondary N) is 1. The molecule has 1 aromatic carbocycles. The molecule has 0 atom stereocenters. The van der Waals surface area contributed by atoms with Crippen molar-refractivity contribution in [2.24, 2.45) is 0 Å². The molecule has 0 saturated heterocycles. The van der Waals surface area contributed by atoms with E-state index in [0.717, 1.165) is 0 Å².